The standard InChI is InChI=1S/C10H10ClFN2O2/c1-4-6(12)5-7(8(11)14-4)16-3-10(5,2)9(13)15/h3H2,1-2H3,(H2,13,15). The van der Waals surface area contributed by atoms with E-state index >= 15 is 0 Å². The molecule has 1 aromatic heterocycles. The summed E-state index contributed by atoms with van der Waals surface area (Å²) in [7, 11) is 0. The van der Waals surface area contributed by atoms with E-state index in [9.17, 15) is 9.18 Å². The number of aryl methyl sites for hydroxylation is 1. The van der Waals surface area contributed by atoms with E-state index in [1.165, 1.54) is 13.8 Å². The lowest BCUT2D eigenvalue weighted by Crippen LogP contribution is -2.40. The predicted molar refractivity (Wildman–Crippen MR) is 56.0 cm³/mol. The number of amides is 1. The fourth-order valence-corrected chi connectivity index (χ4v) is 2.01. The van der Waals surface area contributed by atoms with Gasteiger partial charge in [0, 0.05) is 0 Å². The average molecular weight is 245 g/mol. The number of aromatic nitrogens is 1. The van der Waals surface area contributed by atoms with E-state index in [4.69, 9.17) is 22.1 Å². The normalized spacial score (nSPS) is 22.8. The van der Waals surface area contributed by atoms with Crippen LogP contribution in [0.1, 0.15) is 18.2 Å². The minimum absolute atomic E-state index is 0.0144. The molecular weight excluding hydrogens is 235 g/mol. The Morgan fingerprint density at radius 3 is 2.88 bits per heavy atom. The Kier molecular flexibility index (Phi) is 2.31. The van der Waals surface area contributed by atoms with Gasteiger partial charge in [-0.25, -0.2) is 9.37 Å². The first-order valence-corrected chi connectivity index (χ1v) is 5.04. The van der Waals surface area contributed by atoms with Gasteiger partial charge >= 0.3 is 0 Å². The summed E-state index contributed by atoms with van der Waals surface area (Å²) in [5, 5.41) is 0.0545. The van der Waals surface area contributed by atoms with Crippen LogP contribution < -0.4 is 10.5 Å². The number of nitrogens with zero attached hydrogens (tertiary/aromatic N) is 1. The molecule has 0 radical (unpaired) electrons. The molecule has 2 heterocycles. The van der Waals surface area contributed by atoms with Crippen molar-refractivity contribution in [1.82, 2.24) is 4.98 Å². The highest BCUT2D eigenvalue weighted by Gasteiger charge is 2.46. The maximum atomic E-state index is 13.9. The summed E-state index contributed by atoms with van der Waals surface area (Å²) in [5.74, 6) is -1.11. The molecule has 1 atom stereocenters. The molecule has 86 valence electrons. The first-order chi connectivity index (χ1) is 7.38. The fourth-order valence-electron chi connectivity index (χ4n) is 1.74. The molecule has 0 fully saturated rings. The summed E-state index contributed by atoms with van der Waals surface area (Å²) < 4.78 is 19.1. The quantitative estimate of drug-likeness (QED) is 0.758. The van der Waals surface area contributed by atoms with Crippen LogP contribution in [-0.4, -0.2) is 17.5 Å². The molecule has 1 aromatic rings. The number of carbonyl (C=O) groups is 1. The van der Waals surface area contributed by atoms with Crippen LogP contribution in [0.2, 0.25) is 5.15 Å². The van der Waals surface area contributed by atoms with Crippen LogP contribution in [0, 0.1) is 12.7 Å². The average Bonchev–Trinajstić information content (AvgIpc) is 2.55. The molecule has 0 bridgehead atoms. The second kappa shape index (κ2) is 3.31. The molecule has 2 N–H and O–H groups in total. The molecule has 1 aliphatic rings. The van der Waals surface area contributed by atoms with Gasteiger partial charge in [0.15, 0.2) is 16.7 Å². The van der Waals surface area contributed by atoms with Crippen molar-refractivity contribution < 1.29 is 13.9 Å². The topological polar surface area (TPSA) is 65.2 Å². The van der Waals surface area contributed by atoms with Gasteiger partial charge in [-0.15, -0.1) is 0 Å². The number of hydrogen-bond acceptors (Lipinski definition) is 3. The minimum Gasteiger partial charge on any atom is -0.488 e. The van der Waals surface area contributed by atoms with Gasteiger partial charge in [0.1, 0.15) is 12.0 Å². The Morgan fingerprint density at radius 1 is 1.69 bits per heavy atom. The molecule has 1 aliphatic heterocycles. The monoisotopic (exact) mass is 244 g/mol. The lowest BCUT2D eigenvalue weighted by molar-refractivity contribution is -0.123. The summed E-state index contributed by atoms with van der Waals surface area (Å²) >= 11 is 5.82. The molecule has 4 nitrogen and oxygen atoms in total. The number of halogens is 2. The number of nitrogens with two attached hydrogens (primary N) is 1. The molecule has 0 aromatic carbocycles. The number of rotatable bonds is 1. The summed E-state index contributed by atoms with van der Waals surface area (Å²) in [6.07, 6.45) is 0. The summed E-state index contributed by atoms with van der Waals surface area (Å²) in [4.78, 5) is 15.2. The van der Waals surface area contributed by atoms with E-state index in [0.717, 1.165) is 0 Å². The molecule has 0 saturated carbocycles. The third-order valence-electron chi connectivity index (χ3n) is 2.82. The van der Waals surface area contributed by atoms with Gasteiger partial charge in [-0.2, -0.15) is 0 Å². The van der Waals surface area contributed by atoms with E-state index in [-0.39, 0.29) is 28.8 Å². The Morgan fingerprint density at radius 2 is 2.31 bits per heavy atom. The number of pyridine rings is 1. The van der Waals surface area contributed by atoms with Crippen LogP contribution >= 0.6 is 11.6 Å². The third-order valence-corrected chi connectivity index (χ3v) is 3.07. The number of carbonyl (C=O) groups excluding carboxylic acids is 1. The second-order valence-corrected chi connectivity index (χ2v) is 4.35. The fraction of sp³-hybridized carbons (Fsp3) is 0.400. The largest absolute Gasteiger partial charge is 0.488 e. The maximum absolute atomic E-state index is 13.9. The first kappa shape index (κ1) is 11.1. The summed E-state index contributed by atoms with van der Waals surface area (Å²) in [6, 6.07) is 0. The number of ether oxygens (including phenoxy) is 1. The van der Waals surface area contributed by atoms with Crippen molar-refractivity contribution in [3.8, 4) is 5.75 Å². The van der Waals surface area contributed by atoms with Crippen LogP contribution in [0.25, 0.3) is 0 Å². The Balaban J connectivity index is 2.76. The maximum Gasteiger partial charge on any atom is 0.231 e. The zero-order valence-electron chi connectivity index (χ0n) is 8.80. The predicted octanol–water partition coefficient (Wildman–Crippen LogP) is 1.32. The summed E-state index contributed by atoms with van der Waals surface area (Å²) in [5.41, 5.74) is 4.32. The number of primary amides is 1. The second-order valence-electron chi connectivity index (χ2n) is 3.99. The molecule has 16 heavy (non-hydrogen) atoms. The minimum atomic E-state index is -1.18. The van der Waals surface area contributed by atoms with Crippen molar-refractivity contribution in [3.63, 3.8) is 0 Å². The summed E-state index contributed by atoms with van der Waals surface area (Å²) in [6.45, 7) is 2.99. The SMILES string of the molecule is Cc1nc(Cl)c2c(c1F)C(C)(C(N)=O)CO2. The lowest BCUT2D eigenvalue weighted by atomic mass is 9.83. The van der Waals surface area contributed by atoms with Crippen LogP contribution in [0.4, 0.5) is 4.39 Å². The zero-order valence-corrected chi connectivity index (χ0v) is 9.56. The first-order valence-electron chi connectivity index (χ1n) is 4.66. The highest BCUT2D eigenvalue weighted by molar-refractivity contribution is 6.31. The molecule has 0 aliphatic carbocycles. The van der Waals surface area contributed by atoms with Gasteiger partial charge < -0.3 is 10.5 Å². The van der Waals surface area contributed by atoms with Gasteiger partial charge in [0.05, 0.1) is 11.3 Å². The molecule has 2 rings (SSSR count). The van der Waals surface area contributed by atoms with Crippen LogP contribution in [0.5, 0.6) is 5.75 Å². The van der Waals surface area contributed by atoms with Crippen molar-refractivity contribution in [3.05, 3.63) is 22.2 Å². The van der Waals surface area contributed by atoms with Gasteiger partial charge in [0.2, 0.25) is 5.91 Å². The van der Waals surface area contributed by atoms with Crippen molar-refractivity contribution in [1.29, 1.82) is 0 Å². The lowest BCUT2D eigenvalue weighted by Gasteiger charge is -2.18. The third kappa shape index (κ3) is 1.28. The van der Waals surface area contributed by atoms with Crippen LogP contribution in [0.3, 0.4) is 0 Å². The smallest absolute Gasteiger partial charge is 0.231 e. The van der Waals surface area contributed by atoms with Crippen LogP contribution in [-0.2, 0) is 10.2 Å². The molecule has 0 spiro atoms. The molecule has 1 amide bonds. The molecule has 0 saturated heterocycles. The van der Waals surface area contributed by atoms with Crippen molar-refractivity contribution in [2.45, 2.75) is 19.3 Å². The van der Waals surface area contributed by atoms with Crippen molar-refractivity contribution in [2.75, 3.05) is 6.61 Å². The molecule has 1 unspecified atom stereocenters. The number of fused-ring (bicyclic) bond motifs is 1. The van der Waals surface area contributed by atoms with Gasteiger partial charge in [-0.1, -0.05) is 11.6 Å². The van der Waals surface area contributed by atoms with Crippen molar-refractivity contribution in [2.24, 2.45) is 5.73 Å². The Bertz CT molecular complexity index is 492. The Hall–Kier alpha value is -1.36. The molecule has 6 heteroatoms. The highest BCUT2D eigenvalue weighted by atomic mass is 35.5. The highest BCUT2D eigenvalue weighted by Crippen LogP contribution is 2.44. The molecular formula is C10H10ClFN2O2. The van der Waals surface area contributed by atoms with Gasteiger partial charge in [0.25, 0.3) is 0 Å². The number of hydrogen-bond donors (Lipinski definition) is 1. The Labute approximate surface area is 96.6 Å². The van der Waals surface area contributed by atoms with E-state index in [1.807, 2.05) is 0 Å². The van der Waals surface area contributed by atoms with E-state index in [0.29, 0.717) is 0 Å². The van der Waals surface area contributed by atoms with E-state index in [2.05, 4.69) is 4.98 Å². The van der Waals surface area contributed by atoms with Gasteiger partial charge in [-0.3, -0.25) is 4.79 Å². The van der Waals surface area contributed by atoms with E-state index < -0.39 is 17.1 Å². The van der Waals surface area contributed by atoms with Gasteiger partial charge in [-0.05, 0) is 13.8 Å². The van der Waals surface area contributed by atoms with Crippen molar-refractivity contribution >= 4 is 17.5 Å². The van der Waals surface area contributed by atoms with E-state index in [1.54, 1.807) is 0 Å². The van der Waals surface area contributed by atoms with Crippen LogP contribution in [0.15, 0.2) is 0 Å². The zero-order chi connectivity index (χ0) is 12.1.